The summed E-state index contributed by atoms with van der Waals surface area (Å²) < 4.78 is 10.1. The first-order chi connectivity index (χ1) is 15.2. The van der Waals surface area contributed by atoms with Crippen LogP contribution in [-0.2, 0) is 35.3 Å². The number of nitro benzene ring substituents is 1. The van der Waals surface area contributed by atoms with E-state index in [1.165, 1.54) is 55.0 Å². The molecule has 0 spiro atoms. The minimum Gasteiger partial charge on any atom is -0.467 e. The topological polar surface area (TPSA) is 145 Å². The van der Waals surface area contributed by atoms with Crippen LogP contribution < -0.4 is 5.32 Å². The summed E-state index contributed by atoms with van der Waals surface area (Å²) in [4.78, 5) is 60.4. The minimum absolute atomic E-state index is 0.0779. The first-order valence-corrected chi connectivity index (χ1v) is 10.6. The molecule has 0 bridgehead atoms. The zero-order chi connectivity index (χ0) is 23.4. The van der Waals surface area contributed by atoms with Gasteiger partial charge >= 0.3 is 11.9 Å². The van der Waals surface area contributed by atoms with Crippen LogP contribution in [0.15, 0.2) is 35.2 Å². The van der Waals surface area contributed by atoms with Crippen LogP contribution in [0.2, 0.25) is 0 Å². The van der Waals surface area contributed by atoms with Gasteiger partial charge in [0.1, 0.15) is 12.6 Å². The Morgan fingerprint density at radius 1 is 1.31 bits per heavy atom. The van der Waals surface area contributed by atoms with E-state index >= 15 is 0 Å². The van der Waals surface area contributed by atoms with Crippen molar-refractivity contribution in [2.45, 2.75) is 38.1 Å². The van der Waals surface area contributed by atoms with E-state index in [1.54, 1.807) is 6.08 Å². The van der Waals surface area contributed by atoms with Crippen molar-refractivity contribution in [2.24, 2.45) is 0 Å². The molecule has 32 heavy (non-hydrogen) atoms. The zero-order valence-corrected chi connectivity index (χ0v) is 18.1. The average molecular weight is 463 g/mol. The molecule has 3 atom stereocenters. The van der Waals surface area contributed by atoms with E-state index in [4.69, 9.17) is 9.47 Å². The predicted molar refractivity (Wildman–Crippen MR) is 112 cm³/mol. The highest BCUT2D eigenvalue weighted by Crippen LogP contribution is 2.40. The highest BCUT2D eigenvalue weighted by atomic mass is 32.2. The number of thioether (sulfide) groups is 1. The third-order valence-corrected chi connectivity index (χ3v) is 6.16. The lowest BCUT2D eigenvalue weighted by molar-refractivity contribution is -0.384. The van der Waals surface area contributed by atoms with Crippen LogP contribution in [0.5, 0.6) is 0 Å². The lowest BCUT2D eigenvalue weighted by Crippen LogP contribution is -2.55. The van der Waals surface area contributed by atoms with Crippen LogP contribution in [-0.4, -0.2) is 64.6 Å². The number of ether oxygens (including phenoxy) is 2. The van der Waals surface area contributed by atoms with Gasteiger partial charge in [-0.3, -0.25) is 19.7 Å². The number of rotatable bonds is 9. The van der Waals surface area contributed by atoms with E-state index in [1.807, 2.05) is 0 Å². The van der Waals surface area contributed by atoms with Crippen LogP contribution in [0.1, 0.15) is 18.9 Å². The molecular formula is C20H21N3O8S. The summed E-state index contributed by atoms with van der Waals surface area (Å²) in [5.74, 6) is -1.75. The molecule has 1 aromatic carbocycles. The number of non-ortho nitro benzene ring substituents is 1. The molecule has 1 fully saturated rings. The van der Waals surface area contributed by atoms with Crippen molar-refractivity contribution in [3.05, 3.63) is 50.9 Å². The van der Waals surface area contributed by atoms with E-state index in [2.05, 4.69) is 5.32 Å². The standard InChI is InChI=1S/C20H21N3O8S/c1-11(24)21-15(19(26)30-2)10-32-16-7-14-8-17(25)22(14)18(16)20(27)31-9-12-3-5-13(6-4-12)23(28)29/h3-7,14-15,18H,8-10H2,1-2H3,(H,21,24). The Labute approximate surface area is 187 Å². The summed E-state index contributed by atoms with van der Waals surface area (Å²) in [5.41, 5.74) is 0.480. The lowest BCUT2D eigenvalue weighted by atomic mass is 10.0. The first kappa shape index (κ1) is 23.3. The van der Waals surface area contributed by atoms with E-state index in [9.17, 15) is 29.3 Å². The van der Waals surface area contributed by atoms with Gasteiger partial charge in [0.05, 0.1) is 24.5 Å². The maximum atomic E-state index is 12.8. The SMILES string of the molecule is COC(=O)C(CSC1=CC2CC(=O)N2C1C(=O)OCc1ccc([N+](=O)[O-])cc1)NC(C)=O. The summed E-state index contributed by atoms with van der Waals surface area (Å²) in [6.45, 7) is 1.16. The Morgan fingerprint density at radius 2 is 2.00 bits per heavy atom. The number of carbonyl (C=O) groups excluding carboxylic acids is 4. The fraction of sp³-hybridized carbons (Fsp3) is 0.400. The second-order valence-corrected chi connectivity index (χ2v) is 8.26. The van der Waals surface area contributed by atoms with E-state index in [0.717, 1.165) is 0 Å². The maximum Gasteiger partial charge on any atom is 0.334 e. The number of hydrogen-bond acceptors (Lipinski definition) is 9. The predicted octanol–water partition coefficient (Wildman–Crippen LogP) is 0.916. The summed E-state index contributed by atoms with van der Waals surface area (Å²) in [7, 11) is 1.21. The molecule has 2 aliphatic rings. The summed E-state index contributed by atoms with van der Waals surface area (Å²) >= 11 is 1.17. The van der Waals surface area contributed by atoms with Crippen LogP contribution in [0.25, 0.3) is 0 Å². The van der Waals surface area contributed by atoms with Gasteiger partial charge in [0.15, 0.2) is 6.04 Å². The Morgan fingerprint density at radius 3 is 2.56 bits per heavy atom. The molecule has 0 radical (unpaired) electrons. The van der Waals surface area contributed by atoms with Gasteiger partial charge in [0.2, 0.25) is 11.8 Å². The number of benzene rings is 1. The number of β-lactam (4-membered cyclic amide) rings is 1. The van der Waals surface area contributed by atoms with Crippen molar-refractivity contribution in [1.29, 1.82) is 0 Å². The van der Waals surface area contributed by atoms with E-state index in [-0.39, 0.29) is 36.4 Å². The number of amides is 2. The van der Waals surface area contributed by atoms with Crippen molar-refractivity contribution in [3.8, 4) is 0 Å². The number of carbonyl (C=O) groups is 4. The van der Waals surface area contributed by atoms with Gasteiger partial charge in [0, 0.05) is 29.7 Å². The smallest absolute Gasteiger partial charge is 0.334 e. The molecule has 11 nitrogen and oxygen atoms in total. The van der Waals surface area contributed by atoms with E-state index < -0.39 is 34.9 Å². The van der Waals surface area contributed by atoms with Crippen molar-refractivity contribution >= 4 is 41.2 Å². The fourth-order valence-corrected chi connectivity index (χ4v) is 4.59. The van der Waals surface area contributed by atoms with Crippen LogP contribution in [0.3, 0.4) is 0 Å². The Balaban J connectivity index is 1.66. The molecule has 1 N–H and O–H groups in total. The molecular weight excluding hydrogens is 442 g/mol. The monoisotopic (exact) mass is 463 g/mol. The van der Waals surface area contributed by atoms with Crippen molar-refractivity contribution in [1.82, 2.24) is 10.2 Å². The maximum absolute atomic E-state index is 12.8. The highest BCUT2D eigenvalue weighted by molar-refractivity contribution is 8.03. The molecule has 0 aliphatic carbocycles. The normalized spacial score (nSPS) is 19.9. The number of hydrogen-bond donors (Lipinski definition) is 1. The molecule has 2 aliphatic heterocycles. The van der Waals surface area contributed by atoms with Crippen molar-refractivity contribution in [2.75, 3.05) is 12.9 Å². The molecule has 3 unspecified atom stereocenters. The van der Waals surface area contributed by atoms with Gasteiger partial charge in [-0.1, -0.05) is 0 Å². The summed E-state index contributed by atoms with van der Waals surface area (Å²) in [5, 5.41) is 13.2. The third-order valence-electron chi connectivity index (χ3n) is 4.96. The number of methoxy groups -OCH3 is 1. The molecule has 1 saturated heterocycles. The van der Waals surface area contributed by atoms with Gasteiger partial charge < -0.3 is 19.7 Å². The molecule has 1 aromatic rings. The van der Waals surface area contributed by atoms with Crippen molar-refractivity contribution < 1.29 is 33.6 Å². The van der Waals surface area contributed by atoms with Crippen molar-refractivity contribution in [3.63, 3.8) is 0 Å². The second-order valence-electron chi connectivity index (χ2n) is 7.16. The minimum atomic E-state index is -0.945. The number of nitrogens with one attached hydrogen (secondary N) is 1. The number of nitro groups is 1. The molecule has 3 rings (SSSR count). The van der Waals surface area contributed by atoms with Crippen LogP contribution in [0.4, 0.5) is 5.69 Å². The quantitative estimate of drug-likeness (QED) is 0.244. The van der Waals surface area contributed by atoms with Crippen LogP contribution >= 0.6 is 11.8 Å². The molecule has 0 aromatic heterocycles. The summed E-state index contributed by atoms with van der Waals surface area (Å²) in [6.07, 6.45) is 2.06. The van der Waals surface area contributed by atoms with Gasteiger partial charge in [-0.15, -0.1) is 11.8 Å². The number of nitrogens with zero attached hydrogens (tertiary/aromatic N) is 2. The average Bonchev–Trinajstić information content (AvgIpc) is 3.06. The van der Waals surface area contributed by atoms with E-state index in [0.29, 0.717) is 10.5 Å². The Kier molecular flexibility index (Phi) is 7.13. The van der Waals surface area contributed by atoms with Crippen LogP contribution in [0, 0.1) is 10.1 Å². The van der Waals surface area contributed by atoms with Gasteiger partial charge in [-0.2, -0.15) is 0 Å². The number of esters is 2. The third kappa shape index (κ3) is 5.07. The Hall–Kier alpha value is -3.41. The zero-order valence-electron chi connectivity index (χ0n) is 17.3. The molecule has 170 valence electrons. The fourth-order valence-electron chi connectivity index (χ4n) is 3.39. The molecule has 2 heterocycles. The second kappa shape index (κ2) is 9.81. The summed E-state index contributed by atoms with van der Waals surface area (Å²) in [6, 6.07) is 3.51. The van der Waals surface area contributed by atoms with Gasteiger partial charge in [0.25, 0.3) is 5.69 Å². The van der Waals surface area contributed by atoms with Gasteiger partial charge in [-0.25, -0.2) is 9.59 Å². The molecule has 0 saturated carbocycles. The largest absolute Gasteiger partial charge is 0.467 e. The first-order valence-electron chi connectivity index (χ1n) is 9.61. The number of fused-ring (bicyclic) bond motifs is 1. The Bertz CT molecular complexity index is 978. The molecule has 2 amide bonds. The molecule has 12 heteroatoms. The highest BCUT2D eigenvalue weighted by Gasteiger charge is 2.50. The van der Waals surface area contributed by atoms with Gasteiger partial charge in [-0.05, 0) is 23.8 Å². The lowest BCUT2D eigenvalue weighted by Gasteiger charge is -2.38.